The number of alkyl halides is 3. The Morgan fingerprint density at radius 2 is 1.93 bits per heavy atom. The number of nitrogens with zero attached hydrogens (tertiary/aromatic N) is 1. The van der Waals surface area contributed by atoms with Crippen LogP contribution >= 0.6 is 0 Å². The second-order valence-electron chi connectivity index (χ2n) is 5.81. The minimum atomic E-state index is -4.58. The second-order valence-corrected chi connectivity index (χ2v) is 5.81. The number of aromatic nitrogens is 1. The average molecular weight is 387 g/mol. The predicted molar refractivity (Wildman–Crippen MR) is 91.3 cm³/mol. The topological polar surface area (TPSA) is 77.9 Å². The van der Waals surface area contributed by atoms with Crippen LogP contribution < -0.4 is 9.47 Å². The van der Waals surface area contributed by atoms with Crippen molar-refractivity contribution in [2.45, 2.75) is 39.5 Å². The number of fused-ring (bicyclic) bond motifs is 1. The third kappa shape index (κ3) is 5.38. The molecule has 1 atom stereocenters. The minimum absolute atomic E-state index is 0.0408. The van der Waals surface area contributed by atoms with E-state index in [1.54, 1.807) is 13.8 Å². The molecule has 0 aliphatic carbocycles. The fourth-order valence-electron chi connectivity index (χ4n) is 2.23. The van der Waals surface area contributed by atoms with E-state index in [2.05, 4.69) is 4.98 Å². The van der Waals surface area contributed by atoms with Crippen molar-refractivity contribution in [1.82, 2.24) is 4.98 Å². The van der Waals surface area contributed by atoms with E-state index in [-0.39, 0.29) is 46.6 Å². The fraction of sp³-hybridized carbons (Fsp3) is 0.444. The number of hydrogen-bond acceptors (Lipinski definition) is 6. The average Bonchev–Trinajstić information content (AvgIpc) is 2.59. The lowest BCUT2D eigenvalue weighted by atomic mass is 10.1. The van der Waals surface area contributed by atoms with E-state index >= 15 is 0 Å². The van der Waals surface area contributed by atoms with E-state index in [1.807, 2.05) is 6.92 Å². The first-order valence-electron chi connectivity index (χ1n) is 8.35. The van der Waals surface area contributed by atoms with Gasteiger partial charge in [0.1, 0.15) is 22.8 Å². The van der Waals surface area contributed by atoms with Crippen molar-refractivity contribution in [3.05, 3.63) is 23.9 Å². The quantitative estimate of drug-likeness (QED) is 0.716. The third-order valence-electron chi connectivity index (χ3n) is 3.60. The summed E-state index contributed by atoms with van der Waals surface area (Å²) in [6, 6.07) is 3.62. The summed E-state index contributed by atoms with van der Waals surface area (Å²) in [6.07, 6.45) is -4.17. The van der Waals surface area contributed by atoms with E-state index < -0.39 is 18.8 Å². The van der Waals surface area contributed by atoms with Crippen LogP contribution in [-0.2, 0) is 4.74 Å². The Hall–Kier alpha value is -2.71. The van der Waals surface area contributed by atoms with Gasteiger partial charge in [0.05, 0.1) is 12.7 Å². The number of phenols is 1. The number of esters is 1. The van der Waals surface area contributed by atoms with Crippen LogP contribution in [0.15, 0.2) is 18.2 Å². The van der Waals surface area contributed by atoms with Crippen molar-refractivity contribution >= 4 is 16.9 Å². The van der Waals surface area contributed by atoms with Crippen LogP contribution in [0.25, 0.3) is 10.9 Å². The summed E-state index contributed by atoms with van der Waals surface area (Å²) in [7, 11) is 0. The van der Waals surface area contributed by atoms with E-state index in [0.29, 0.717) is 6.42 Å². The lowest BCUT2D eigenvalue weighted by Crippen LogP contribution is -2.19. The molecule has 0 saturated heterocycles. The lowest BCUT2D eigenvalue weighted by molar-refractivity contribution is -0.153. The van der Waals surface area contributed by atoms with Crippen molar-refractivity contribution in [3.8, 4) is 17.2 Å². The summed E-state index contributed by atoms with van der Waals surface area (Å²) >= 11 is 0. The molecule has 0 bridgehead atoms. The molecule has 148 valence electrons. The molecule has 0 aliphatic rings. The number of benzene rings is 1. The minimum Gasteiger partial charge on any atom is -0.508 e. The van der Waals surface area contributed by atoms with E-state index in [4.69, 9.17) is 14.2 Å². The molecule has 0 aliphatic heterocycles. The highest BCUT2D eigenvalue weighted by atomic mass is 19.4. The van der Waals surface area contributed by atoms with Gasteiger partial charge in [-0.05, 0) is 26.3 Å². The summed E-state index contributed by atoms with van der Waals surface area (Å²) < 4.78 is 53.1. The molecule has 6 nitrogen and oxygen atoms in total. The lowest BCUT2D eigenvalue weighted by Gasteiger charge is -2.17. The summed E-state index contributed by atoms with van der Waals surface area (Å²) in [5.74, 6) is -1.20. The molecule has 2 rings (SSSR count). The van der Waals surface area contributed by atoms with Gasteiger partial charge in [0.15, 0.2) is 12.3 Å². The highest BCUT2D eigenvalue weighted by Gasteiger charge is 2.29. The van der Waals surface area contributed by atoms with Crippen LogP contribution in [0.1, 0.15) is 37.7 Å². The monoisotopic (exact) mass is 387 g/mol. The van der Waals surface area contributed by atoms with Gasteiger partial charge in [0, 0.05) is 17.5 Å². The van der Waals surface area contributed by atoms with Gasteiger partial charge in [-0.15, -0.1) is 0 Å². The van der Waals surface area contributed by atoms with Gasteiger partial charge in [-0.2, -0.15) is 13.2 Å². The molecule has 1 unspecified atom stereocenters. The molecule has 1 aromatic carbocycles. The van der Waals surface area contributed by atoms with Gasteiger partial charge in [-0.3, -0.25) is 0 Å². The maximum Gasteiger partial charge on any atom is 0.422 e. The second kappa shape index (κ2) is 8.32. The molecule has 0 fully saturated rings. The maximum absolute atomic E-state index is 12.5. The van der Waals surface area contributed by atoms with Crippen molar-refractivity contribution in [3.63, 3.8) is 0 Å². The summed E-state index contributed by atoms with van der Waals surface area (Å²) in [4.78, 5) is 16.2. The Morgan fingerprint density at radius 3 is 2.52 bits per heavy atom. The number of ether oxygens (including phenoxy) is 3. The van der Waals surface area contributed by atoms with E-state index in [1.165, 1.54) is 12.1 Å². The van der Waals surface area contributed by atoms with Crippen LogP contribution in [0.4, 0.5) is 13.2 Å². The molecule has 1 aromatic heterocycles. The predicted octanol–water partition coefficient (Wildman–Crippen LogP) is 4.24. The third-order valence-corrected chi connectivity index (χ3v) is 3.60. The number of carbonyl (C=O) groups excluding carboxylic acids is 1. The number of hydrogen-bond donors (Lipinski definition) is 1. The Kier molecular flexibility index (Phi) is 6.35. The van der Waals surface area contributed by atoms with Gasteiger partial charge in [-0.1, -0.05) is 6.92 Å². The Morgan fingerprint density at radius 1 is 1.22 bits per heavy atom. The fourth-order valence-corrected chi connectivity index (χ4v) is 2.23. The molecule has 0 spiro atoms. The molecule has 9 heteroatoms. The van der Waals surface area contributed by atoms with Gasteiger partial charge < -0.3 is 19.3 Å². The molecule has 1 heterocycles. The van der Waals surface area contributed by atoms with Crippen LogP contribution in [0.5, 0.6) is 17.2 Å². The largest absolute Gasteiger partial charge is 0.508 e. The van der Waals surface area contributed by atoms with E-state index in [0.717, 1.165) is 6.07 Å². The van der Waals surface area contributed by atoms with Crippen LogP contribution in [0.3, 0.4) is 0 Å². The highest BCUT2D eigenvalue weighted by Crippen LogP contribution is 2.37. The molecule has 2 aromatic rings. The highest BCUT2D eigenvalue weighted by molar-refractivity contribution is 5.97. The molecule has 1 N–H and O–H groups in total. The molecular formula is C18H20F3NO5. The summed E-state index contributed by atoms with van der Waals surface area (Å²) in [5, 5.41) is 10.1. The van der Waals surface area contributed by atoms with Crippen LogP contribution in [0.2, 0.25) is 0 Å². The normalized spacial score (nSPS) is 12.7. The molecule has 0 saturated carbocycles. The molecule has 0 amide bonds. The van der Waals surface area contributed by atoms with Crippen molar-refractivity contribution in [2.24, 2.45) is 0 Å². The molecule has 0 radical (unpaired) electrons. The van der Waals surface area contributed by atoms with Crippen molar-refractivity contribution < 1.29 is 37.3 Å². The van der Waals surface area contributed by atoms with Gasteiger partial charge in [-0.25, -0.2) is 9.78 Å². The number of phenolic OH excluding ortho intramolecular Hbond substituents is 1. The maximum atomic E-state index is 12.5. The Balaban J connectivity index is 2.63. The smallest absolute Gasteiger partial charge is 0.422 e. The van der Waals surface area contributed by atoms with Gasteiger partial charge in [0.2, 0.25) is 0 Å². The first-order chi connectivity index (χ1) is 12.6. The Bertz CT molecular complexity index is 823. The zero-order chi connectivity index (χ0) is 20.2. The Labute approximate surface area is 153 Å². The molecular weight excluding hydrogens is 367 g/mol. The summed E-state index contributed by atoms with van der Waals surface area (Å²) in [5.41, 5.74) is -0.175. The zero-order valence-electron chi connectivity index (χ0n) is 15.1. The zero-order valence-corrected chi connectivity index (χ0v) is 15.1. The van der Waals surface area contributed by atoms with Crippen LogP contribution in [-0.4, -0.2) is 41.6 Å². The first-order valence-corrected chi connectivity index (χ1v) is 8.35. The van der Waals surface area contributed by atoms with E-state index in [9.17, 15) is 23.1 Å². The summed E-state index contributed by atoms with van der Waals surface area (Å²) in [6.45, 7) is 3.83. The van der Waals surface area contributed by atoms with Crippen molar-refractivity contribution in [2.75, 3.05) is 13.2 Å². The molecule has 27 heavy (non-hydrogen) atoms. The number of aromatic hydroxyl groups is 1. The van der Waals surface area contributed by atoms with Gasteiger partial charge in [0.25, 0.3) is 0 Å². The van der Waals surface area contributed by atoms with Crippen molar-refractivity contribution in [1.29, 1.82) is 0 Å². The standard InChI is InChI=1S/C18H20F3NO5/c1-4-10(3)27-14-8-13(17(24)25-5-2)22-16-12(14)6-11(23)7-15(16)26-9-18(19,20)21/h6-8,10,23H,4-5,9H2,1-3H3. The first kappa shape index (κ1) is 20.6. The number of halogens is 3. The van der Waals surface area contributed by atoms with Gasteiger partial charge >= 0.3 is 12.1 Å². The number of carbonyl (C=O) groups is 1. The number of pyridine rings is 1. The van der Waals surface area contributed by atoms with Crippen LogP contribution in [0, 0.1) is 0 Å². The number of rotatable bonds is 7. The SMILES string of the molecule is CCOC(=O)c1cc(OC(C)CC)c2cc(O)cc(OCC(F)(F)F)c2n1.